The second-order valence-electron chi connectivity index (χ2n) is 5.52. The zero-order valence-electron chi connectivity index (χ0n) is 12.4. The molecule has 0 bridgehead atoms. The SMILES string of the molecule is CCC1CCCCN1CCC(=O)Nc1cc(Cl)ccc1Cl. The van der Waals surface area contributed by atoms with E-state index in [4.69, 9.17) is 23.2 Å². The summed E-state index contributed by atoms with van der Waals surface area (Å²) in [7, 11) is 0. The smallest absolute Gasteiger partial charge is 0.225 e. The van der Waals surface area contributed by atoms with Crippen molar-refractivity contribution in [3.05, 3.63) is 28.2 Å². The van der Waals surface area contributed by atoms with Crippen LogP contribution in [-0.2, 0) is 4.79 Å². The third-order valence-electron chi connectivity index (χ3n) is 4.05. The standard InChI is InChI=1S/C16H22Cl2N2O/c1-2-13-5-3-4-9-20(13)10-8-16(21)19-15-11-12(17)6-7-14(15)18/h6-7,11,13H,2-5,8-10H2,1H3,(H,19,21). The number of piperidine rings is 1. The van der Waals surface area contributed by atoms with Crippen molar-refractivity contribution in [1.29, 1.82) is 0 Å². The molecule has 0 radical (unpaired) electrons. The van der Waals surface area contributed by atoms with E-state index in [2.05, 4.69) is 17.1 Å². The van der Waals surface area contributed by atoms with Gasteiger partial charge in [0.15, 0.2) is 0 Å². The fourth-order valence-corrected chi connectivity index (χ4v) is 3.20. The molecular weight excluding hydrogens is 307 g/mol. The van der Waals surface area contributed by atoms with E-state index in [1.165, 1.54) is 19.3 Å². The van der Waals surface area contributed by atoms with Gasteiger partial charge >= 0.3 is 0 Å². The van der Waals surface area contributed by atoms with Gasteiger partial charge in [0.25, 0.3) is 0 Å². The Kier molecular flexibility index (Phi) is 6.34. The highest BCUT2D eigenvalue weighted by Crippen LogP contribution is 2.25. The number of amides is 1. The molecule has 3 nitrogen and oxygen atoms in total. The third kappa shape index (κ3) is 4.87. The maximum Gasteiger partial charge on any atom is 0.225 e. The number of benzene rings is 1. The molecule has 0 spiro atoms. The highest BCUT2D eigenvalue weighted by molar-refractivity contribution is 6.35. The summed E-state index contributed by atoms with van der Waals surface area (Å²) in [6.45, 7) is 4.13. The third-order valence-corrected chi connectivity index (χ3v) is 4.61. The van der Waals surface area contributed by atoms with Crippen LogP contribution < -0.4 is 5.32 Å². The molecule has 116 valence electrons. The number of hydrogen-bond acceptors (Lipinski definition) is 2. The number of anilines is 1. The normalized spacial score (nSPS) is 19.5. The van der Waals surface area contributed by atoms with E-state index in [1.54, 1.807) is 18.2 Å². The summed E-state index contributed by atoms with van der Waals surface area (Å²) in [6.07, 6.45) is 5.43. The Hall–Kier alpha value is -0.770. The highest BCUT2D eigenvalue weighted by atomic mass is 35.5. The van der Waals surface area contributed by atoms with Crippen LogP contribution in [-0.4, -0.2) is 29.9 Å². The van der Waals surface area contributed by atoms with Crippen LogP contribution in [0.4, 0.5) is 5.69 Å². The lowest BCUT2D eigenvalue weighted by atomic mass is 10.00. The summed E-state index contributed by atoms with van der Waals surface area (Å²) in [5, 5.41) is 3.92. The molecule has 1 amide bonds. The van der Waals surface area contributed by atoms with E-state index in [9.17, 15) is 4.79 Å². The van der Waals surface area contributed by atoms with Crippen LogP contribution in [0.25, 0.3) is 0 Å². The second kappa shape index (κ2) is 8.02. The average Bonchev–Trinajstić information content (AvgIpc) is 2.49. The predicted octanol–water partition coefficient (Wildman–Crippen LogP) is 4.59. The molecule has 0 aliphatic carbocycles. The van der Waals surface area contributed by atoms with E-state index in [0.717, 1.165) is 19.5 Å². The fraction of sp³-hybridized carbons (Fsp3) is 0.562. The van der Waals surface area contributed by atoms with E-state index < -0.39 is 0 Å². The Morgan fingerprint density at radius 1 is 1.38 bits per heavy atom. The van der Waals surface area contributed by atoms with Crippen LogP contribution in [0.1, 0.15) is 39.0 Å². The number of rotatable bonds is 5. The molecule has 1 N–H and O–H groups in total. The first-order chi connectivity index (χ1) is 10.1. The molecule has 5 heteroatoms. The summed E-state index contributed by atoms with van der Waals surface area (Å²) in [5.41, 5.74) is 0.583. The highest BCUT2D eigenvalue weighted by Gasteiger charge is 2.21. The maximum atomic E-state index is 12.1. The van der Waals surface area contributed by atoms with Crippen molar-refractivity contribution in [1.82, 2.24) is 4.90 Å². The van der Waals surface area contributed by atoms with Gasteiger partial charge in [-0.15, -0.1) is 0 Å². The van der Waals surface area contributed by atoms with E-state index in [0.29, 0.717) is 28.2 Å². The number of nitrogens with zero attached hydrogens (tertiary/aromatic N) is 1. The topological polar surface area (TPSA) is 32.3 Å². The number of carbonyl (C=O) groups is 1. The Morgan fingerprint density at radius 2 is 2.19 bits per heavy atom. The lowest BCUT2D eigenvalue weighted by molar-refractivity contribution is -0.116. The summed E-state index contributed by atoms with van der Waals surface area (Å²) >= 11 is 12.0. The van der Waals surface area contributed by atoms with Gasteiger partial charge < -0.3 is 5.32 Å². The Labute approximate surface area is 136 Å². The van der Waals surface area contributed by atoms with Gasteiger partial charge in [0.05, 0.1) is 10.7 Å². The van der Waals surface area contributed by atoms with Gasteiger partial charge in [0.1, 0.15) is 0 Å². The van der Waals surface area contributed by atoms with Crippen LogP contribution in [0.15, 0.2) is 18.2 Å². The molecule has 2 rings (SSSR count). The largest absolute Gasteiger partial charge is 0.325 e. The zero-order chi connectivity index (χ0) is 15.2. The number of hydrogen-bond donors (Lipinski definition) is 1. The number of halogens is 2. The molecular formula is C16H22Cl2N2O. The zero-order valence-corrected chi connectivity index (χ0v) is 13.9. The molecule has 21 heavy (non-hydrogen) atoms. The van der Waals surface area contributed by atoms with Crippen molar-refractivity contribution in [2.45, 2.75) is 45.1 Å². The van der Waals surface area contributed by atoms with Crippen molar-refractivity contribution in [2.24, 2.45) is 0 Å². The molecule has 1 heterocycles. The molecule has 1 atom stereocenters. The Morgan fingerprint density at radius 3 is 2.95 bits per heavy atom. The first kappa shape index (κ1) is 16.6. The van der Waals surface area contributed by atoms with Crippen molar-refractivity contribution < 1.29 is 4.79 Å². The van der Waals surface area contributed by atoms with Gasteiger partial charge in [-0.3, -0.25) is 9.69 Å². The van der Waals surface area contributed by atoms with E-state index in [1.807, 2.05) is 0 Å². The molecule has 1 aliphatic rings. The van der Waals surface area contributed by atoms with Gasteiger partial charge in [-0.1, -0.05) is 36.5 Å². The van der Waals surface area contributed by atoms with Crippen LogP contribution >= 0.6 is 23.2 Å². The van der Waals surface area contributed by atoms with E-state index in [-0.39, 0.29) is 5.91 Å². The van der Waals surface area contributed by atoms with Crippen LogP contribution in [0.5, 0.6) is 0 Å². The molecule has 0 saturated carbocycles. The van der Waals surface area contributed by atoms with Gasteiger partial charge in [0, 0.05) is 24.0 Å². The average molecular weight is 329 g/mol. The number of carbonyl (C=O) groups excluding carboxylic acids is 1. The number of likely N-dealkylation sites (tertiary alicyclic amines) is 1. The quantitative estimate of drug-likeness (QED) is 0.857. The molecule has 1 aromatic rings. The van der Waals surface area contributed by atoms with Crippen molar-refractivity contribution in [3.63, 3.8) is 0 Å². The van der Waals surface area contributed by atoms with Gasteiger partial charge in [-0.2, -0.15) is 0 Å². The van der Waals surface area contributed by atoms with Crippen LogP contribution in [0, 0.1) is 0 Å². The van der Waals surface area contributed by atoms with Crippen molar-refractivity contribution in [2.75, 3.05) is 18.4 Å². The summed E-state index contributed by atoms with van der Waals surface area (Å²) in [5.74, 6) is -0.0143. The minimum Gasteiger partial charge on any atom is -0.325 e. The summed E-state index contributed by atoms with van der Waals surface area (Å²) < 4.78 is 0. The summed E-state index contributed by atoms with van der Waals surface area (Å²) in [6, 6.07) is 5.70. The first-order valence-electron chi connectivity index (χ1n) is 7.59. The van der Waals surface area contributed by atoms with Crippen LogP contribution in [0.2, 0.25) is 10.0 Å². The Balaban J connectivity index is 1.85. The van der Waals surface area contributed by atoms with Crippen molar-refractivity contribution in [3.8, 4) is 0 Å². The summed E-state index contributed by atoms with van der Waals surface area (Å²) in [4.78, 5) is 14.5. The molecule has 1 unspecified atom stereocenters. The van der Waals surface area contributed by atoms with Gasteiger partial charge in [-0.25, -0.2) is 0 Å². The molecule has 1 aromatic carbocycles. The Bertz CT molecular complexity index is 493. The van der Waals surface area contributed by atoms with E-state index >= 15 is 0 Å². The van der Waals surface area contributed by atoms with Gasteiger partial charge in [-0.05, 0) is 44.0 Å². The maximum absolute atomic E-state index is 12.1. The van der Waals surface area contributed by atoms with Crippen LogP contribution in [0.3, 0.4) is 0 Å². The predicted molar refractivity (Wildman–Crippen MR) is 89.2 cm³/mol. The van der Waals surface area contributed by atoms with Gasteiger partial charge in [0.2, 0.25) is 5.91 Å². The number of nitrogens with one attached hydrogen (secondary N) is 1. The lowest BCUT2D eigenvalue weighted by Gasteiger charge is -2.35. The molecule has 1 saturated heterocycles. The second-order valence-corrected chi connectivity index (χ2v) is 6.36. The minimum absolute atomic E-state index is 0.0143. The monoisotopic (exact) mass is 328 g/mol. The first-order valence-corrected chi connectivity index (χ1v) is 8.34. The molecule has 0 aromatic heterocycles. The molecule has 1 fully saturated rings. The fourth-order valence-electron chi connectivity index (χ4n) is 2.87. The molecule has 1 aliphatic heterocycles. The minimum atomic E-state index is -0.0143. The lowest BCUT2D eigenvalue weighted by Crippen LogP contribution is -2.40. The van der Waals surface area contributed by atoms with Crippen molar-refractivity contribution >= 4 is 34.8 Å².